The fourth-order valence-corrected chi connectivity index (χ4v) is 1.44. The van der Waals surface area contributed by atoms with Gasteiger partial charge in [-0.3, -0.25) is 0 Å². The minimum atomic E-state index is -0.954. The van der Waals surface area contributed by atoms with Gasteiger partial charge in [0.2, 0.25) is 5.82 Å². The highest BCUT2D eigenvalue weighted by Crippen LogP contribution is 2.25. The van der Waals surface area contributed by atoms with Crippen molar-refractivity contribution < 1.29 is 13.5 Å². The van der Waals surface area contributed by atoms with Gasteiger partial charge in [-0.15, -0.1) is 0 Å². The summed E-state index contributed by atoms with van der Waals surface area (Å²) in [6, 6.07) is 2.47. The van der Waals surface area contributed by atoms with Crippen molar-refractivity contribution >= 4 is 28.6 Å². The van der Waals surface area contributed by atoms with Crippen LogP contribution in [0.15, 0.2) is 16.6 Å². The van der Waals surface area contributed by atoms with E-state index >= 15 is 0 Å². The number of ether oxygens (including phenoxy) is 1. The quantitative estimate of drug-likeness (QED) is 0.659. The lowest BCUT2D eigenvalue weighted by atomic mass is 10.2. The smallest absolute Gasteiger partial charge is 0.200 e. The second-order valence-electron chi connectivity index (χ2n) is 3.30. The minimum Gasteiger partial charge on any atom is -0.490 e. The first-order valence-corrected chi connectivity index (χ1v) is 5.85. The molecule has 0 amide bonds. The van der Waals surface area contributed by atoms with E-state index in [-0.39, 0.29) is 11.7 Å². The Bertz CT molecular complexity index is 346. The van der Waals surface area contributed by atoms with E-state index < -0.39 is 11.6 Å². The molecule has 5 heteroatoms. The van der Waals surface area contributed by atoms with Crippen LogP contribution in [0.5, 0.6) is 5.75 Å². The van der Waals surface area contributed by atoms with Crippen LogP contribution >= 0.6 is 28.6 Å². The van der Waals surface area contributed by atoms with Crippen LogP contribution in [0.25, 0.3) is 0 Å². The van der Waals surface area contributed by atoms with Crippen molar-refractivity contribution in [2.75, 3.05) is 12.4 Å². The fourth-order valence-electron chi connectivity index (χ4n) is 0.922. The molecule has 0 saturated heterocycles. The summed E-state index contributed by atoms with van der Waals surface area (Å²) < 4.78 is 31.8. The normalized spacial score (nSPS) is 12.6. The fraction of sp³-hybridized carbons (Fsp3) is 0.400. The average Bonchev–Trinajstić information content (AvgIpc) is 2.20. The van der Waals surface area contributed by atoms with E-state index in [1.165, 1.54) is 6.07 Å². The molecule has 1 aromatic carbocycles. The van der Waals surface area contributed by atoms with Gasteiger partial charge in [-0.2, -0.15) is 17.0 Å². The molecule has 0 saturated carbocycles. The van der Waals surface area contributed by atoms with Crippen molar-refractivity contribution in [1.29, 1.82) is 0 Å². The summed E-state index contributed by atoms with van der Waals surface area (Å²) in [4.78, 5) is 0. The zero-order valence-electron chi connectivity index (χ0n) is 8.14. The highest BCUT2D eigenvalue weighted by atomic mass is 79.9. The molecule has 84 valence electrons. The predicted molar refractivity (Wildman–Crippen MR) is 62.6 cm³/mol. The van der Waals surface area contributed by atoms with Crippen LogP contribution in [0.3, 0.4) is 0 Å². The number of benzene rings is 1. The Morgan fingerprint density at radius 1 is 1.47 bits per heavy atom. The van der Waals surface area contributed by atoms with E-state index in [0.29, 0.717) is 16.8 Å². The van der Waals surface area contributed by atoms with Gasteiger partial charge in [-0.25, -0.2) is 4.39 Å². The molecule has 0 aliphatic heterocycles. The highest BCUT2D eigenvalue weighted by Gasteiger charge is 2.12. The molecular formula is C10H11BrF2OS. The lowest BCUT2D eigenvalue weighted by molar-refractivity contribution is 0.257. The van der Waals surface area contributed by atoms with Gasteiger partial charge < -0.3 is 4.74 Å². The van der Waals surface area contributed by atoms with Crippen LogP contribution in [-0.4, -0.2) is 12.4 Å². The first-order chi connectivity index (χ1) is 7.04. The van der Waals surface area contributed by atoms with Crippen LogP contribution < -0.4 is 4.74 Å². The van der Waals surface area contributed by atoms with Gasteiger partial charge in [-0.05, 0) is 23.8 Å². The van der Waals surface area contributed by atoms with Crippen molar-refractivity contribution in [3.63, 3.8) is 0 Å². The molecule has 0 aliphatic carbocycles. The topological polar surface area (TPSA) is 9.23 Å². The number of halogens is 3. The minimum absolute atomic E-state index is 0.0736. The van der Waals surface area contributed by atoms with E-state index in [2.05, 4.69) is 28.6 Å². The van der Waals surface area contributed by atoms with Gasteiger partial charge in [0.05, 0.1) is 6.61 Å². The molecule has 0 radical (unpaired) electrons. The number of rotatable bonds is 4. The van der Waals surface area contributed by atoms with Gasteiger partial charge in [0.1, 0.15) is 0 Å². The molecule has 0 aliphatic rings. The van der Waals surface area contributed by atoms with Gasteiger partial charge in [-0.1, -0.05) is 22.9 Å². The molecule has 0 bridgehead atoms. The number of hydrogen-bond donors (Lipinski definition) is 1. The van der Waals surface area contributed by atoms with Gasteiger partial charge in [0.15, 0.2) is 11.6 Å². The summed E-state index contributed by atoms with van der Waals surface area (Å²) in [5.74, 6) is -1.12. The first-order valence-electron chi connectivity index (χ1n) is 4.42. The van der Waals surface area contributed by atoms with E-state index in [1.54, 1.807) is 0 Å². The second-order valence-corrected chi connectivity index (χ2v) is 4.58. The first kappa shape index (κ1) is 12.8. The maximum Gasteiger partial charge on any atom is 0.200 e. The second kappa shape index (κ2) is 5.70. The van der Waals surface area contributed by atoms with E-state index in [1.807, 2.05) is 6.92 Å². The summed E-state index contributed by atoms with van der Waals surface area (Å²) in [7, 11) is 0. The zero-order valence-corrected chi connectivity index (χ0v) is 10.6. The van der Waals surface area contributed by atoms with Crippen molar-refractivity contribution in [3.8, 4) is 5.75 Å². The summed E-state index contributed by atoms with van der Waals surface area (Å²) in [6.07, 6.45) is 0. The van der Waals surface area contributed by atoms with Gasteiger partial charge in [0.25, 0.3) is 0 Å². The third-order valence-corrected chi connectivity index (χ3v) is 2.88. The van der Waals surface area contributed by atoms with E-state index in [4.69, 9.17) is 4.74 Å². The van der Waals surface area contributed by atoms with Crippen molar-refractivity contribution in [1.82, 2.24) is 0 Å². The van der Waals surface area contributed by atoms with Crippen LogP contribution in [0, 0.1) is 17.6 Å². The van der Waals surface area contributed by atoms with Crippen LogP contribution in [-0.2, 0) is 0 Å². The van der Waals surface area contributed by atoms with Gasteiger partial charge in [0, 0.05) is 4.47 Å². The Balaban J connectivity index is 2.76. The maximum absolute atomic E-state index is 13.2. The molecular weight excluding hydrogens is 286 g/mol. The molecule has 0 fully saturated rings. The molecule has 1 aromatic rings. The van der Waals surface area contributed by atoms with Gasteiger partial charge >= 0.3 is 0 Å². The predicted octanol–water partition coefficient (Wildman–Crippen LogP) is 3.67. The monoisotopic (exact) mass is 296 g/mol. The lowest BCUT2D eigenvalue weighted by Gasteiger charge is -2.11. The molecule has 1 nitrogen and oxygen atoms in total. The van der Waals surface area contributed by atoms with E-state index in [0.717, 1.165) is 6.07 Å². The maximum atomic E-state index is 13.2. The molecule has 1 rings (SSSR count). The molecule has 0 aromatic heterocycles. The Hall–Kier alpha value is -0.290. The van der Waals surface area contributed by atoms with E-state index in [9.17, 15) is 8.78 Å². The summed E-state index contributed by atoms with van der Waals surface area (Å²) in [6.45, 7) is 2.23. The third-order valence-electron chi connectivity index (χ3n) is 1.79. The largest absolute Gasteiger partial charge is 0.490 e. The molecule has 0 spiro atoms. The molecule has 1 unspecified atom stereocenters. The Kier molecular flexibility index (Phi) is 4.86. The highest BCUT2D eigenvalue weighted by molar-refractivity contribution is 9.10. The summed E-state index contributed by atoms with van der Waals surface area (Å²) >= 11 is 7.14. The van der Waals surface area contributed by atoms with Crippen LogP contribution in [0.2, 0.25) is 0 Å². The molecule has 1 atom stereocenters. The third kappa shape index (κ3) is 3.65. The molecule has 0 heterocycles. The Morgan fingerprint density at radius 2 is 2.13 bits per heavy atom. The van der Waals surface area contributed by atoms with Crippen molar-refractivity contribution in [3.05, 3.63) is 28.2 Å². The Morgan fingerprint density at radius 3 is 2.73 bits per heavy atom. The van der Waals surface area contributed by atoms with Crippen LogP contribution in [0.1, 0.15) is 6.92 Å². The Labute approximate surface area is 101 Å². The molecule has 15 heavy (non-hydrogen) atoms. The molecule has 0 N–H and O–H groups in total. The standard InChI is InChI=1S/C10H11BrF2OS/c1-6(5-15)4-14-9-3-7(11)2-8(12)10(9)13/h2-3,6,15H,4-5H2,1H3. The number of thiol groups is 1. The summed E-state index contributed by atoms with van der Waals surface area (Å²) in [5.41, 5.74) is 0. The average molecular weight is 297 g/mol. The number of hydrogen-bond acceptors (Lipinski definition) is 2. The summed E-state index contributed by atoms with van der Waals surface area (Å²) in [5, 5.41) is 0. The zero-order chi connectivity index (χ0) is 11.4. The van der Waals surface area contributed by atoms with Crippen molar-refractivity contribution in [2.45, 2.75) is 6.92 Å². The lowest BCUT2D eigenvalue weighted by Crippen LogP contribution is -2.10. The van der Waals surface area contributed by atoms with Crippen LogP contribution in [0.4, 0.5) is 8.78 Å². The SMILES string of the molecule is CC(CS)COc1cc(Br)cc(F)c1F. The van der Waals surface area contributed by atoms with Crippen molar-refractivity contribution in [2.24, 2.45) is 5.92 Å².